The largest absolute Gasteiger partial charge is 0.465 e. The first-order chi connectivity index (χ1) is 9.99. The second kappa shape index (κ2) is 7.29. The zero-order chi connectivity index (χ0) is 15.5. The summed E-state index contributed by atoms with van der Waals surface area (Å²) in [4.78, 5) is 12.2. The molecule has 2 aromatic rings. The minimum atomic E-state index is -0.750. The Morgan fingerprint density at radius 2 is 1.91 bits per heavy atom. The van der Waals surface area contributed by atoms with Crippen molar-refractivity contribution in [2.24, 2.45) is 0 Å². The van der Waals surface area contributed by atoms with Gasteiger partial charge in [-0.2, -0.15) is 0 Å². The molecule has 1 unspecified atom stereocenters. The van der Waals surface area contributed by atoms with Gasteiger partial charge in [0.25, 0.3) is 5.69 Å². The molecule has 0 amide bonds. The Balaban J connectivity index is 0.00000242. The zero-order valence-electron chi connectivity index (χ0n) is 12.7. The van der Waals surface area contributed by atoms with Gasteiger partial charge in [-0.1, -0.05) is 6.92 Å². The maximum absolute atomic E-state index is 10.7. The molecular weight excluding hydrogens is 308 g/mol. The lowest BCUT2D eigenvalue weighted by Crippen LogP contribution is -2.45. The van der Waals surface area contributed by atoms with Gasteiger partial charge in [-0.25, -0.2) is 0 Å². The average molecular weight is 327 g/mol. The lowest BCUT2D eigenvalue weighted by Gasteiger charge is -2.37. The van der Waals surface area contributed by atoms with E-state index in [0.29, 0.717) is 17.9 Å². The normalized spacial score (nSPS) is 13.3. The maximum atomic E-state index is 10.7. The summed E-state index contributed by atoms with van der Waals surface area (Å²) in [5.74, 6) is 1.24. The van der Waals surface area contributed by atoms with E-state index in [4.69, 9.17) is 9.15 Å². The molecular formula is C15H19ClN2O4. The van der Waals surface area contributed by atoms with Crippen LogP contribution in [0.3, 0.4) is 0 Å². The monoisotopic (exact) mass is 326 g/mol. The molecule has 0 fully saturated rings. The van der Waals surface area contributed by atoms with Crippen LogP contribution < -0.4 is 4.74 Å². The predicted octanol–water partition coefficient (Wildman–Crippen LogP) is 3.81. The van der Waals surface area contributed by atoms with Gasteiger partial charge in [0.1, 0.15) is 5.75 Å². The van der Waals surface area contributed by atoms with Crippen LogP contribution in [0.2, 0.25) is 0 Å². The summed E-state index contributed by atoms with van der Waals surface area (Å²) in [7, 11) is 3.80. The Hall–Kier alpha value is -2.05. The fourth-order valence-corrected chi connectivity index (χ4v) is 2.26. The smallest absolute Gasteiger partial charge is 0.269 e. The molecule has 1 aromatic heterocycles. The van der Waals surface area contributed by atoms with E-state index >= 15 is 0 Å². The molecule has 0 N–H and O–H groups in total. The number of furan rings is 1. The van der Waals surface area contributed by atoms with Crippen molar-refractivity contribution in [3.05, 3.63) is 58.5 Å². The van der Waals surface area contributed by atoms with Crippen molar-refractivity contribution in [1.29, 1.82) is 0 Å². The molecule has 0 aliphatic heterocycles. The van der Waals surface area contributed by atoms with Gasteiger partial charge in [-0.15, -0.1) is 12.4 Å². The van der Waals surface area contributed by atoms with Gasteiger partial charge in [0.05, 0.1) is 11.2 Å². The first-order valence-corrected chi connectivity index (χ1v) is 6.64. The van der Waals surface area contributed by atoms with E-state index in [-0.39, 0.29) is 18.1 Å². The molecule has 0 spiro atoms. The Kier molecular flexibility index (Phi) is 5.96. The maximum Gasteiger partial charge on any atom is 0.269 e. The highest BCUT2D eigenvalue weighted by Crippen LogP contribution is 2.34. The third-order valence-electron chi connectivity index (χ3n) is 3.44. The highest BCUT2D eigenvalue weighted by molar-refractivity contribution is 5.85. The molecule has 120 valence electrons. The molecule has 0 radical (unpaired) electrons. The van der Waals surface area contributed by atoms with Crippen LogP contribution in [-0.2, 0) is 5.72 Å². The molecule has 0 bridgehead atoms. The highest BCUT2D eigenvalue weighted by Gasteiger charge is 2.38. The van der Waals surface area contributed by atoms with E-state index in [0.717, 1.165) is 0 Å². The number of nitro groups is 1. The molecule has 0 aliphatic rings. The number of non-ortho nitro benzene ring substituents is 1. The van der Waals surface area contributed by atoms with Crippen LogP contribution in [0.5, 0.6) is 5.75 Å². The number of ether oxygens (including phenoxy) is 1. The second-order valence-electron chi connectivity index (χ2n) is 4.86. The fourth-order valence-electron chi connectivity index (χ4n) is 2.26. The van der Waals surface area contributed by atoms with Gasteiger partial charge in [-0.3, -0.25) is 15.0 Å². The van der Waals surface area contributed by atoms with Gasteiger partial charge in [0.2, 0.25) is 5.72 Å². The summed E-state index contributed by atoms with van der Waals surface area (Å²) in [6, 6.07) is 9.70. The molecule has 0 aliphatic carbocycles. The van der Waals surface area contributed by atoms with Crippen LogP contribution in [0, 0.1) is 10.1 Å². The van der Waals surface area contributed by atoms with Crippen molar-refractivity contribution in [2.75, 3.05) is 14.1 Å². The highest BCUT2D eigenvalue weighted by atomic mass is 35.5. The number of nitro benzene ring substituents is 1. The minimum absolute atomic E-state index is 0. The van der Waals surface area contributed by atoms with E-state index in [1.165, 1.54) is 12.1 Å². The summed E-state index contributed by atoms with van der Waals surface area (Å²) in [6.07, 6.45) is 2.26. The van der Waals surface area contributed by atoms with Crippen molar-refractivity contribution < 1.29 is 14.1 Å². The van der Waals surface area contributed by atoms with E-state index in [9.17, 15) is 10.1 Å². The predicted molar refractivity (Wildman–Crippen MR) is 85.3 cm³/mol. The molecule has 7 heteroatoms. The van der Waals surface area contributed by atoms with Crippen molar-refractivity contribution in [2.45, 2.75) is 19.1 Å². The minimum Gasteiger partial charge on any atom is -0.465 e. The average Bonchev–Trinajstić information content (AvgIpc) is 2.99. The summed E-state index contributed by atoms with van der Waals surface area (Å²) in [5, 5.41) is 10.7. The van der Waals surface area contributed by atoms with Crippen LogP contribution in [0.4, 0.5) is 5.69 Å². The van der Waals surface area contributed by atoms with Crippen LogP contribution in [0.25, 0.3) is 0 Å². The van der Waals surface area contributed by atoms with E-state index in [1.807, 2.05) is 38.1 Å². The van der Waals surface area contributed by atoms with Crippen LogP contribution in [0.1, 0.15) is 19.1 Å². The fraction of sp³-hybridized carbons (Fsp3) is 0.333. The first-order valence-electron chi connectivity index (χ1n) is 6.64. The van der Waals surface area contributed by atoms with Gasteiger partial charge in [0, 0.05) is 18.6 Å². The molecule has 0 saturated heterocycles. The number of hydrogen-bond acceptors (Lipinski definition) is 5. The van der Waals surface area contributed by atoms with Crippen molar-refractivity contribution >= 4 is 18.1 Å². The van der Waals surface area contributed by atoms with Gasteiger partial charge < -0.3 is 9.15 Å². The van der Waals surface area contributed by atoms with Gasteiger partial charge in [-0.05, 0) is 38.4 Å². The molecule has 1 aromatic carbocycles. The number of halogens is 1. The van der Waals surface area contributed by atoms with Crippen LogP contribution in [-0.4, -0.2) is 23.9 Å². The van der Waals surface area contributed by atoms with Gasteiger partial charge in [0.15, 0.2) is 5.76 Å². The van der Waals surface area contributed by atoms with Crippen LogP contribution in [0.15, 0.2) is 47.1 Å². The van der Waals surface area contributed by atoms with Gasteiger partial charge >= 0.3 is 0 Å². The number of hydrogen-bond donors (Lipinski definition) is 0. The topological polar surface area (TPSA) is 68.8 Å². The molecule has 22 heavy (non-hydrogen) atoms. The zero-order valence-corrected chi connectivity index (χ0v) is 13.5. The molecule has 1 heterocycles. The third-order valence-corrected chi connectivity index (χ3v) is 3.44. The Morgan fingerprint density at radius 3 is 2.32 bits per heavy atom. The number of benzene rings is 1. The first kappa shape index (κ1) is 18.0. The van der Waals surface area contributed by atoms with Crippen molar-refractivity contribution in [1.82, 2.24) is 4.90 Å². The standard InChI is InChI=1S/C15H18N2O4.ClH/c1-4-15(16(2)3,14-6-5-11-20-14)21-13-9-7-12(8-10-13)17(18)19;/h5-11H,4H2,1-3H3;1H. The molecule has 6 nitrogen and oxygen atoms in total. The number of rotatable bonds is 6. The van der Waals surface area contributed by atoms with Crippen molar-refractivity contribution in [3.63, 3.8) is 0 Å². The SMILES string of the molecule is CCC(Oc1ccc([N+](=O)[O-])cc1)(c1ccco1)N(C)C.Cl. The third kappa shape index (κ3) is 3.40. The molecule has 2 rings (SSSR count). The lowest BCUT2D eigenvalue weighted by atomic mass is 10.1. The van der Waals surface area contributed by atoms with Crippen molar-refractivity contribution in [3.8, 4) is 5.75 Å². The number of nitrogens with zero attached hydrogens (tertiary/aromatic N) is 2. The Morgan fingerprint density at radius 1 is 1.27 bits per heavy atom. The van der Waals surface area contributed by atoms with E-state index < -0.39 is 10.6 Å². The molecule has 1 atom stereocenters. The Labute approximate surface area is 135 Å². The van der Waals surface area contributed by atoms with E-state index in [1.54, 1.807) is 18.4 Å². The summed E-state index contributed by atoms with van der Waals surface area (Å²) < 4.78 is 11.6. The molecule has 0 saturated carbocycles. The summed E-state index contributed by atoms with van der Waals surface area (Å²) in [5.41, 5.74) is -0.716. The Bertz CT molecular complexity index is 599. The second-order valence-corrected chi connectivity index (χ2v) is 4.86. The quantitative estimate of drug-likeness (QED) is 0.458. The lowest BCUT2D eigenvalue weighted by molar-refractivity contribution is -0.384. The van der Waals surface area contributed by atoms with E-state index in [2.05, 4.69) is 0 Å². The summed E-state index contributed by atoms with van der Waals surface area (Å²) in [6.45, 7) is 1.99. The van der Waals surface area contributed by atoms with Crippen LogP contribution >= 0.6 is 12.4 Å². The summed E-state index contributed by atoms with van der Waals surface area (Å²) >= 11 is 0.